The van der Waals surface area contributed by atoms with Crippen LogP contribution in [0.25, 0.3) is 83.9 Å². The molecule has 0 aliphatic rings. The molecule has 0 saturated carbocycles. The van der Waals surface area contributed by atoms with Crippen molar-refractivity contribution in [3.8, 4) is 78.6 Å². The number of hydrogen-bond donors (Lipinski definition) is 1. The third-order valence-corrected chi connectivity index (χ3v) is 10.8. The summed E-state index contributed by atoms with van der Waals surface area (Å²) in [5, 5.41) is 11.8. The molecule has 0 radical (unpaired) electrons. The average Bonchev–Trinajstić information content (AvgIpc) is 3.74. The van der Waals surface area contributed by atoms with Gasteiger partial charge in [-0.2, -0.15) is 0 Å². The van der Waals surface area contributed by atoms with Crippen LogP contribution in [-0.2, 0) is 26.5 Å². The zero-order valence-corrected chi connectivity index (χ0v) is 35.4. The number of rotatable bonds is 7. The first-order valence-electron chi connectivity index (χ1n) is 26.9. The van der Waals surface area contributed by atoms with Gasteiger partial charge in [-0.05, 0) is 119 Å². The maximum atomic E-state index is 11.8. The predicted molar refractivity (Wildman–Crippen MR) is 250 cm³/mol. The summed E-state index contributed by atoms with van der Waals surface area (Å²) in [5.74, 6) is 0.205. The molecule has 1 N–H and O–H groups in total. The Morgan fingerprint density at radius 3 is 2.05 bits per heavy atom. The van der Waals surface area contributed by atoms with Crippen LogP contribution in [0.15, 0.2) is 158 Å². The number of para-hydroxylation sites is 1. The van der Waals surface area contributed by atoms with E-state index in [-0.39, 0.29) is 54.9 Å². The van der Waals surface area contributed by atoms with E-state index in [1.807, 2.05) is 73.7 Å². The van der Waals surface area contributed by atoms with E-state index in [0.29, 0.717) is 66.9 Å². The zero-order valence-electron chi connectivity index (χ0n) is 48.1. The Balaban J connectivity index is 0.00000765. The summed E-state index contributed by atoms with van der Waals surface area (Å²) in [6, 6.07) is 46.9. The number of fused-ring (bicyclic) bond motifs is 1. The Labute approximate surface area is 395 Å². The third kappa shape index (κ3) is 8.01. The zero-order chi connectivity index (χ0) is 54.2. The van der Waals surface area contributed by atoms with E-state index < -0.39 is 39.7 Å². The van der Waals surface area contributed by atoms with Crippen molar-refractivity contribution in [3.63, 3.8) is 0 Å². The summed E-state index contributed by atoms with van der Waals surface area (Å²) in [6.45, 7) is -12.3. The van der Waals surface area contributed by atoms with Gasteiger partial charge in [0.25, 0.3) is 0 Å². The number of imidazole rings is 1. The topological polar surface area (TPSA) is 50.9 Å². The molecule has 2 aromatic heterocycles. The molecule has 0 spiro atoms. The molecule has 7 aromatic carbocycles. The van der Waals surface area contributed by atoms with Crippen molar-refractivity contribution >= 4 is 11.0 Å². The van der Waals surface area contributed by atoms with Crippen LogP contribution in [0.3, 0.4) is 0 Å². The van der Waals surface area contributed by atoms with Crippen molar-refractivity contribution in [2.75, 3.05) is 0 Å². The number of aromatic nitrogens is 3. The Kier molecular flexibility index (Phi) is 7.29. The molecule has 5 heteroatoms. The largest absolute Gasteiger partial charge is 0.507 e. The molecular weight excluding hydrogens is 926 g/mol. The maximum absolute atomic E-state index is 11.8. The van der Waals surface area contributed by atoms with Gasteiger partial charge in [0.05, 0.1) is 16.6 Å². The molecule has 0 saturated heterocycles. The molecule has 2 heterocycles. The molecule has 0 aliphatic carbocycles. The van der Waals surface area contributed by atoms with Crippen LogP contribution in [0.4, 0.5) is 0 Å². The van der Waals surface area contributed by atoms with E-state index in [0.717, 1.165) is 16.7 Å². The van der Waals surface area contributed by atoms with Gasteiger partial charge < -0.3 is 5.11 Å². The summed E-state index contributed by atoms with van der Waals surface area (Å²) in [6.07, 6.45) is 1.58. The van der Waals surface area contributed by atoms with Crippen LogP contribution in [0, 0.1) is 33.6 Å². The maximum Gasteiger partial charge on any atom is 0.148 e. The van der Waals surface area contributed by atoms with Gasteiger partial charge in [0.2, 0.25) is 0 Å². The predicted octanol–water partition coefficient (Wildman–Crippen LogP) is 14.5. The van der Waals surface area contributed by atoms with Crippen molar-refractivity contribution in [1.82, 2.24) is 14.5 Å². The molecule has 0 unspecified atom stereocenters. The summed E-state index contributed by atoms with van der Waals surface area (Å²) < 4.78 is 127. The average molecular weight is 989 g/mol. The number of aromatic hydroxyl groups is 1. The van der Waals surface area contributed by atoms with Gasteiger partial charge in [0, 0.05) is 59.2 Å². The van der Waals surface area contributed by atoms with E-state index in [4.69, 9.17) is 30.5 Å². The number of aryl methyl sites for hydroxylation is 3. The SMILES string of the molecule is [2H]C([2H])([2H])c1cc(-n2c(-c3cc(C)cc(C)c3O)nc3c(-c4[c-]c(-c5cc(-c6ccc(C(C([2H])([2H])[2H])(C([2H])([2H])[2H])C([2H])([2H])[2H])cc6)ccn5)cc(-c5ccccc5)c4)cccc32)cc(-c2ccccc2)c1C([2H])([2H])[2H].[Pt]. The summed E-state index contributed by atoms with van der Waals surface area (Å²) in [4.78, 5) is 10.0. The minimum absolute atomic E-state index is 0. The Morgan fingerprint density at radius 1 is 0.607 bits per heavy atom. The fourth-order valence-electron chi connectivity index (χ4n) is 7.81. The Bertz CT molecular complexity index is 3580. The first kappa shape index (κ1) is 26.8. The molecule has 9 aromatic rings. The van der Waals surface area contributed by atoms with Gasteiger partial charge in [-0.25, -0.2) is 4.98 Å². The van der Waals surface area contributed by atoms with E-state index in [2.05, 4.69) is 6.07 Å². The van der Waals surface area contributed by atoms with Crippen molar-refractivity contribution in [2.45, 2.75) is 53.5 Å². The molecule has 9 rings (SSSR count). The molecule has 4 nitrogen and oxygen atoms in total. The number of benzene rings is 7. The van der Waals surface area contributed by atoms with Crippen LogP contribution in [0.5, 0.6) is 5.75 Å². The van der Waals surface area contributed by atoms with E-state index in [1.54, 1.807) is 72.3 Å². The quantitative estimate of drug-likeness (QED) is 0.162. The number of phenols is 1. The van der Waals surface area contributed by atoms with E-state index >= 15 is 0 Å². The monoisotopic (exact) mass is 988 g/mol. The first-order chi connectivity index (χ1) is 35.1. The van der Waals surface area contributed by atoms with Crippen molar-refractivity contribution in [2.24, 2.45) is 0 Å². The fraction of sp³-hybridized carbons (Fsp3) is 0.143. The molecule has 304 valence electrons. The van der Waals surface area contributed by atoms with Crippen LogP contribution in [0.1, 0.15) is 68.9 Å². The second-order valence-corrected chi connectivity index (χ2v) is 15.0. The van der Waals surface area contributed by atoms with Crippen LogP contribution < -0.4 is 0 Å². The van der Waals surface area contributed by atoms with Crippen LogP contribution in [0.2, 0.25) is 0 Å². The molecule has 0 fully saturated rings. The Hall–Kier alpha value is -6.35. The second kappa shape index (κ2) is 16.6. The number of pyridine rings is 1. The molecule has 0 bridgehead atoms. The molecule has 61 heavy (non-hydrogen) atoms. The molecule has 0 aliphatic heterocycles. The normalized spacial score (nSPS) is 16.1. The fourth-order valence-corrected chi connectivity index (χ4v) is 7.81. The summed E-state index contributed by atoms with van der Waals surface area (Å²) in [5.41, 5.74) is 4.44. The van der Waals surface area contributed by atoms with Crippen LogP contribution >= 0.6 is 0 Å². The molecular formula is C56H48N3OPt-. The van der Waals surface area contributed by atoms with Crippen molar-refractivity contribution in [3.05, 3.63) is 192 Å². The van der Waals surface area contributed by atoms with Gasteiger partial charge in [0.1, 0.15) is 11.6 Å². The minimum atomic E-state index is -3.42. The smallest absolute Gasteiger partial charge is 0.148 e. The van der Waals surface area contributed by atoms with Crippen molar-refractivity contribution in [1.29, 1.82) is 0 Å². The summed E-state index contributed by atoms with van der Waals surface area (Å²) >= 11 is 0. The van der Waals surface area contributed by atoms with Gasteiger partial charge in [0.15, 0.2) is 0 Å². The second-order valence-electron chi connectivity index (χ2n) is 15.0. The van der Waals surface area contributed by atoms with Gasteiger partial charge in [-0.1, -0.05) is 146 Å². The number of phenolic OH excluding ortho intramolecular Hbond substituents is 1. The number of nitrogens with zero attached hydrogens (tertiary/aromatic N) is 3. The van der Waals surface area contributed by atoms with E-state index in [9.17, 15) is 5.11 Å². The first-order valence-corrected chi connectivity index (χ1v) is 19.4. The van der Waals surface area contributed by atoms with E-state index in [1.165, 1.54) is 30.3 Å². The third-order valence-electron chi connectivity index (χ3n) is 10.8. The standard InChI is InChI=1S/C56H48N3O.Pt/c1-35-27-37(3)54(60)50(28-35)55-58-53-48(19-14-20-52(53)59(55)47-29-36(2)38(4)49(34-47)41-17-12-9-13-18-41)44-30-43(39-15-10-8-11-16-39)31-45(32-44)51-33-42(25-26-57-51)40-21-23-46(24-22-40)56(5,6)7;/h8-31,33-34,60H,1-7H3;/q-1;/i2D3,4D3,5D3,6D3,7D3;. The van der Waals surface area contributed by atoms with Crippen molar-refractivity contribution < 1.29 is 46.7 Å². The van der Waals surface area contributed by atoms with Crippen LogP contribution in [-0.4, -0.2) is 19.6 Å². The Morgan fingerprint density at radius 2 is 1.33 bits per heavy atom. The van der Waals surface area contributed by atoms with Gasteiger partial charge >= 0.3 is 0 Å². The van der Waals surface area contributed by atoms with Gasteiger partial charge in [-0.3, -0.25) is 9.55 Å². The van der Waals surface area contributed by atoms with Gasteiger partial charge in [-0.15, -0.1) is 23.8 Å². The number of hydrogen-bond acceptors (Lipinski definition) is 3. The minimum Gasteiger partial charge on any atom is -0.507 e. The molecule has 0 atom stereocenters. The summed E-state index contributed by atoms with van der Waals surface area (Å²) in [7, 11) is 0. The molecule has 0 amide bonds.